The molecule has 0 saturated heterocycles. The molecule has 0 unspecified atom stereocenters. The van der Waals surface area contributed by atoms with Crippen LogP contribution < -0.4 is 10.6 Å². The van der Waals surface area contributed by atoms with Gasteiger partial charge in [0.25, 0.3) is 0 Å². The molecule has 1 amide bonds. The summed E-state index contributed by atoms with van der Waals surface area (Å²) in [5.74, 6) is -0.214. The van der Waals surface area contributed by atoms with E-state index in [1.807, 2.05) is 30.3 Å². The smallest absolute Gasteiger partial charge is 0.407 e. The summed E-state index contributed by atoms with van der Waals surface area (Å²) in [5, 5.41) is 6.16. The van der Waals surface area contributed by atoms with E-state index < -0.39 is 6.09 Å². The van der Waals surface area contributed by atoms with Crippen molar-refractivity contribution >= 4 is 22.0 Å². The lowest BCUT2D eigenvalue weighted by Gasteiger charge is -2.36. The van der Waals surface area contributed by atoms with Gasteiger partial charge in [-0.05, 0) is 36.6 Å². The second kappa shape index (κ2) is 8.45. The minimum Gasteiger partial charge on any atom is -0.445 e. The number of rotatable bonds is 6. The van der Waals surface area contributed by atoms with Crippen LogP contribution in [-0.4, -0.2) is 18.2 Å². The molecule has 0 spiro atoms. The highest BCUT2D eigenvalue weighted by Crippen LogP contribution is 2.22. The Labute approximate surface area is 154 Å². The number of benzene rings is 2. The fourth-order valence-electron chi connectivity index (χ4n) is 2.77. The molecule has 1 aliphatic rings. The number of alkyl carbamates (subject to hydrolysis) is 1. The molecule has 6 heteroatoms. The molecule has 4 nitrogen and oxygen atoms in total. The van der Waals surface area contributed by atoms with Crippen LogP contribution in [0.3, 0.4) is 0 Å². The lowest BCUT2D eigenvalue weighted by molar-refractivity contribution is 0.125. The molecule has 2 aromatic carbocycles. The Kier molecular flexibility index (Phi) is 6.04. The standard InChI is InChI=1S/C19H20BrFN2O2/c20-15-6-7-18(21)14(8-15)11-22-16-9-17(10-16)23-19(24)25-12-13-4-2-1-3-5-13/h1-8,16-17,22H,9-12H2,(H,23,24). The quantitative estimate of drug-likeness (QED) is 0.757. The molecule has 0 atom stereocenters. The topological polar surface area (TPSA) is 50.4 Å². The number of carbonyl (C=O) groups excluding carboxylic acids is 1. The Balaban J connectivity index is 1.34. The number of hydrogen-bond acceptors (Lipinski definition) is 3. The van der Waals surface area contributed by atoms with E-state index >= 15 is 0 Å². The maximum atomic E-state index is 13.7. The van der Waals surface area contributed by atoms with Crippen LogP contribution in [0.4, 0.5) is 9.18 Å². The van der Waals surface area contributed by atoms with Gasteiger partial charge in [-0.2, -0.15) is 0 Å². The Bertz CT molecular complexity index is 721. The number of carbonyl (C=O) groups is 1. The van der Waals surface area contributed by atoms with Crippen LogP contribution in [-0.2, 0) is 17.9 Å². The molecular weight excluding hydrogens is 387 g/mol. The summed E-state index contributed by atoms with van der Waals surface area (Å²) in [5.41, 5.74) is 1.59. The van der Waals surface area contributed by atoms with Gasteiger partial charge in [0.1, 0.15) is 12.4 Å². The third kappa shape index (κ3) is 5.28. The van der Waals surface area contributed by atoms with E-state index in [-0.39, 0.29) is 24.5 Å². The third-order valence-corrected chi connectivity index (χ3v) is 4.76. The summed E-state index contributed by atoms with van der Waals surface area (Å²) < 4.78 is 19.7. The SMILES string of the molecule is O=C(NC1CC(NCc2cc(Br)ccc2F)C1)OCc1ccccc1. The Morgan fingerprint density at radius 3 is 2.68 bits per heavy atom. The van der Waals surface area contributed by atoms with Crippen molar-refractivity contribution in [3.05, 3.63) is 69.9 Å². The molecule has 0 aliphatic heterocycles. The van der Waals surface area contributed by atoms with Crippen molar-refractivity contribution in [1.82, 2.24) is 10.6 Å². The van der Waals surface area contributed by atoms with Gasteiger partial charge in [-0.15, -0.1) is 0 Å². The monoisotopic (exact) mass is 406 g/mol. The zero-order chi connectivity index (χ0) is 17.6. The lowest BCUT2D eigenvalue weighted by atomic mass is 9.87. The fourth-order valence-corrected chi connectivity index (χ4v) is 3.18. The van der Waals surface area contributed by atoms with Gasteiger partial charge in [0, 0.05) is 28.7 Å². The van der Waals surface area contributed by atoms with Gasteiger partial charge < -0.3 is 15.4 Å². The molecule has 1 fully saturated rings. The molecular formula is C19H20BrFN2O2. The summed E-state index contributed by atoms with van der Waals surface area (Å²) in [4.78, 5) is 11.8. The first kappa shape index (κ1) is 17.9. The van der Waals surface area contributed by atoms with Crippen LogP contribution in [0.5, 0.6) is 0 Å². The van der Waals surface area contributed by atoms with Gasteiger partial charge in [-0.25, -0.2) is 9.18 Å². The van der Waals surface area contributed by atoms with Crippen molar-refractivity contribution in [2.24, 2.45) is 0 Å². The molecule has 0 radical (unpaired) electrons. The lowest BCUT2D eigenvalue weighted by Crippen LogP contribution is -2.52. The molecule has 2 aromatic rings. The molecule has 1 aliphatic carbocycles. The van der Waals surface area contributed by atoms with Crippen molar-refractivity contribution in [3.63, 3.8) is 0 Å². The number of hydrogen-bond donors (Lipinski definition) is 2. The van der Waals surface area contributed by atoms with Crippen LogP contribution in [0.15, 0.2) is 53.0 Å². The van der Waals surface area contributed by atoms with E-state index in [1.165, 1.54) is 6.07 Å². The van der Waals surface area contributed by atoms with Crippen LogP contribution in [0.1, 0.15) is 24.0 Å². The average molecular weight is 407 g/mol. The Morgan fingerprint density at radius 2 is 1.92 bits per heavy atom. The molecule has 1 saturated carbocycles. The van der Waals surface area contributed by atoms with E-state index in [9.17, 15) is 9.18 Å². The van der Waals surface area contributed by atoms with Gasteiger partial charge in [0.2, 0.25) is 0 Å². The molecule has 132 valence electrons. The first-order valence-electron chi connectivity index (χ1n) is 8.24. The number of amides is 1. The highest BCUT2D eigenvalue weighted by atomic mass is 79.9. The molecule has 0 aromatic heterocycles. The summed E-state index contributed by atoms with van der Waals surface area (Å²) in [6.07, 6.45) is 1.23. The van der Waals surface area contributed by atoms with Crippen LogP contribution >= 0.6 is 15.9 Å². The van der Waals surface area contributed by atoms with E-state index in [1.54, 1.807) is 12.1 Å². The predicted molar refractivity (Wildman–Crippen MR) is 97.5 cm³/mol. The Morgan fingerprint density at radius 1 is 1.16 bits per heavy atom. The van der Waals surface area contributed by atoms with Crippen LogP contribution in [0.2, 0.25) is 0 Å². The van der Waals surface area contributed by atoms with Gasteiger partial charge in [0.05, 0.1) is 0 Å². The highest BCUT2D eigenvalue weighted by molar-refractivity contribution is 9.10. The summed E-state index contributed by atoms with van der Waals surface area (Å²) in [6.45, 7) is 0.740. The summed E-state index contributed by atoms with van der Waals surface area (Å²) in [7, 11) is 0. The van der Waals surface area contributed by atoms with Crippen LogP contribution in [0.25, 0.3) is 0 Å². The first-order valence-corrected chi connectivity index (χ1v) is 9.04. The van der Waals surface area contributed by atoms with Gasteiger partial charge in [-0.1, -0.05) is 46.3 Å². The van der Waals surface area contributed by atoms with E-state index in [0.717, 1.165) is 22.9 Å². The highest BCUT2D eigenvalue weighted by Gasteiger charge is 2.30. The molecule has 3 rings (SSSR count). The largest absolute Gasteiger partial charge is 0.445 e. The zero-order valence-electron chi connectivity index (χ0n) is 13.7. The summed E-state index contributed by atoms with van der Waals surface area (Å²) >= 11 is 3.35. The summed E-state index contributed by atoms with van der Waals surface area (Å²) in [6, 6.07) is 14.9. The molecule has 0 heterocycles. The van der Waals surface area contributed by atoms with Crippen molar-refractivity contribution in [2.75, 3.05) is 0 Å². The molecule has 2 N–H and O–H groups in total. The van der Waals surface area contributed by atoms with Gasteiger partial charge in [-0.3, -0.25) is 0 Å². The van der Waals surface area contributed by atoms with Crippen molar-refractivity contribution in [3.8, 4) is 0 Å². The molecule has 25 heavy (non-hydrogen) atoms. The second-order valence-corrected chi connectivity index (χ2v) is 7.10. The van der Waals surface area contributed by atoms with Gasteiger partial charge in [0.15, 0.2) is 0 Å². The Hall–Kier alpha value is -1.92. The normalized spacial score (nSPS) is 19.1. The minimum atomic E-state index is -0.398. The third-order valence-electron chi connectivity index (χ3n) is 4.26. The predicted octanol–water partition coefficient (Wildman–Crippen LogP) is 4.14. The number of nitrogens with one attached hydrogen (secondary N) is 2. The van der Waals surface area contributed by atoms with Gasteiger partial charge >= 0.3 is 6.09 Å². The van der Waals surface area contributed by atoms with Crippen molar-refractivity contribution < 1.29 is 13.9 Å². The number of ether oxygens (including phenoxy) is 1. The second-order valence-electron chi connectivity index (χ2n) is 6.19. The van der Waals surface area contributed by atoms with Crippen molar-refractivity contribution in [1.29, 1.82) is 0 Å². The van der Waals surface area contributed by atoms with E-state index in [0.29, 0.717) is 12.1 Å². The zero-order valence-corrected chi connectivity index (χ0v) is 15.3. The molecule has 0 bridgehead atoms. The maximum Gasteiger partial charge on any atom is 0.407 e. The fraction of sp³-hybridized carbons (Fsp3) is 0.316. The minimum absolute atomic E-state index is 0.105. The average Bonchev–Trinajstić information content (AvgIpc) is 2.58. The number of halogens is 2. The van der Waals surface area contributed by atoms with E-state index in [2.05, 4.69) is 26.6 Å². The maximum absolute atomic E-state index is 13.7. The van der Waals surface area contributed by atoms with Crippen LogP contribution in [0, 0.1) is 5.82 Å². The van der Waals surface area contributed by atoms with E-state index in [4.69, 9.17) is 4.74 Å². The first-order chi connectivity index (χ1) is 12.1. The van der Waals surface area contributed by atoms with Crippen molar-refractivity contribution in [2.45, 2.75) is 38.1 Å².